The van der Waals surface area contributed by atoms with Crippen LogP contribution in [0.4, 0.5) is 23.0 Å². The Morgan fingerprint density at radius 1 is 1.05 bits per heavy atom. The van der Waals surface area contributed by atoms with E-state index in [1.165, 1.54) is 24.2 Å². The van der Waals surface area contributed by atoms with Crippen LogP contribution < -0.4 is 19.9 Å². The molecule has 0 saturated heterocycles. The molecule has 2 aromatic heterocycles. The Balaban J connectivity index is 1.88. The molecule has 4 rings (SSSR count). The SMILES string of the molecule is C=CC(=O)Nc1cc(N(C(=O)C=C)c2nccc(-c3cn(C)c4ccccc34)n2)c(OC)cc1N(C)CCN(C)C. The number of aromatic nitrogens is 3. The van der Waals surface area contributed by atoms with Crippen molar-refractivity contribution in [1.29, 1.82) is 0 Å². The fraction of sp³-hybridized carbons (Fsp3) is 0.226. The third-order valence-corrected chi connectivity index (χ3v) is 6.69. The third-order valence-electron chi connectivity index (χ3n) is 6.69. The van der Waals surface area contributed by atoms with Crippen molar-refractivity contribution in [3.63, 3.8) is 0 Å². The summed E-state index contributed by atoms with van der Waals surface area (Å²) < 4.78 is 7.79. The summed E-state index contributed by atoms with van der Waals surface area (Å²) in [5.74, 6) is -0.330. The highest BCUT2D eigenvalue weighted by molar-refractivity contribution is 6.09. The Morgan fingerprint density at radius 2 is 1.80 bits per heavy atom. The van der Waals surface area contributed by atoms with E-state index in [4.69, 9.17) is 9.72 Å². The van der Waals surface area contributed by atoms with Crippen LogP contribution in [0.1, 0.15) is 0 Å². The summed E-state index contributed by atoms with van der Waals surface area (Å²) in [5, 5.41) is 3.89. The Labute approximate surface area is 240 Å². The van der Waals surface area contributed by atoms with Gasteiger partial charge >= 0.3 is 0 Å². The average Bonchev–Trinajstić information content (AvgIpc) is 3.32. The zero-order valence-corrected chi connectivity index (χ0v) is 24.1. The highest BCUT2D eigenvalue weighted by atomic mass is 16.5. The zero-order chi connectivity index (χ0) is 29.7. The highest BCUT2D eigenvalue weighted by Gasteiger charge is 2.26. The van der Waals surface area contributed by atoms with E-state index < -0.39 is 5.91 Å². The van der Waals surface area contributed by atoms with Crippen molar-refractivity contribution in [2.45, 2.75) is 0 Å². The van der Waals surface area contributed by atoms with Crippen molar-refractivity contribution in [1.82, 2.24) is 19.4 Å². The molecule has 1 N–H and O–H groups in total. The van der Waals surface area contributed by atoms with E-state index >= 15 is 0 Å². The van der Waals surface area contributed by atoms with Crippen LogP contribution in [0.2, 0.25) is 0 Å². The molecular formula is C31H35N7O3. The maximum absolute atomic E-state index is 13.4. The first kappa shape index (κ1) is 29.0. The van der Waals surface area contributed by atoms with Crippen molar-refractivity contribution in [3.8, 4) is 17.0 Å². The van der Waals surface area contributed by atoms with E-state index in [9.17, 15) is 9.59 Å². The van der Waals surface area contributed by atoms with Crippen LogP contribution in [0.15, 0.2) is 80.2 Å². The molecule has 10 heteroatoms. The molecule has 10 nitrogen and oxygen atoms in total. The van der Waals surface area contributed by atoms with Gasteiger partial charge < -0.3 is 24.4 Å². The van der Waals surface area contributed by atoms with Crippen molar-refractivity contribution in [2.75, 3.05) is 56.5 Å². The second-order valence-electron chi connectivity index (χ2n) is 9.75. The number of amides is 2. The van der Waals surface area contributed by atoms with E-state index in [-0.39, 0.29) is 11.9 Å². The molecule has 0 bridgehead atoms. The van der Waals surface area contributed by atoms with Gasteiger partial charge in [-0.25, -0.2) is 14.9 Å². The number of carbonyl (C=O) groups is 2. The van der Waals surface area contributed by atoms with Gasteiger partial charge in [0.1, 0.15) is 5.75 Å². The van der Waals surface area contributed by atoms with Gasteiger partial charge in [-0.2, -0.15) is 0 Å². The monoisotopic (exact) mass is 553 g/mol. The molecule has 41 heavy (non-hydrogen) atoms. The van der Waals surface area contributed by atoms with Gasteiger partial charge in [-0.15, -0.1) is 0 Å². The first-order valence-corrected chi connectivity index (χ1v) is 13.0. The largest absolute Gasteiger partial charge is 0.494 e. The van der Waals surface area contributed by atoms with Gasteiger partial charge in [0.05, 0.1) is 29.9 Å². The van der Waals surface area contributed by atoms with Gasteiger partial charge in [0.15, 0.2) is 0 Å². The molecule has 0 spiro atoms. The summed E-state index contributed by atoms with van der Waals surface area (Å²) in [6.45, 7) is 8.73. The number of fused-ring (bicyclic) bond motifs is 1. The number of carbonyl (C=O) groups excluding carboxylic acids is 2. The Morgan fingerprint density at radius 3 is 2.49 bits per heavy atom. The van der Waals surface area contributed by atoms with Crippen LogP contribution in [0.25, 0.3) is 22.2 Å². The Hall–Kier alpha value is -4.96. The van der Waals surface area contributed by atoms with Crippen LogP contribution in [-0.2, 0) is 16.6 Å². The molecule has 0 aliphatic heterocycles. The molecule has 212 valence electrons. The van der Waals surface area contributed by atoms with E-state index in [1.54, 1.807) is 24.4 Å². The second-order valence-corrected chi connectivity index (χ2v) is 9.75. The van der Waals surface area contributed by atoms with Crippen LogP contribution in [0, 0.1) is 0 Å². The standard InChI is InChI=1S/C31H35N7O3/c1-8-29(39)33-24-18-27(28(41-7)19-26(24)36(5)17-16-35(3)4)38(30(40)9-2)31-32-15-14-23(34-31)22-20-37(6)25-13-11-10-12-21(22)25/h8-15,18-20H,1-2,16-17H2,3-7H3,(H,33,39). The lowest BCUT2D eigenvalue weighted by molar-refractivity contribution is -0.113. The Bertz CT molecular complexity index is 1610. The number of nitrogens with one attached hydrogen (secondary N) is 1. The Kier molecular flexibility index (Phi) is 8.84. The molecule has 4 aromatic rings. The number of rotatable bonds is 11. The molecule has 0 atom stereocenters. The molecule has 0 aliphatic carbocycles. The van der Waals surface area contributed by atoms with E-state index in [2.05, 4.69) is 28.4 Å². The predicted octanol–water partition coefficient (Wildman–Crippen LogP) is 4.62. The average molecular weight is 554 g/mol. The van der Waals surface area contributed by atoms with Gasteiger partial charge in [-0.3, -0.25) is 9.59 Å². The fourth-order valence-corrected chi connectivity index (χ4v) is 4.53. The molecule has 0 aliphatic rings. The molecule has 0 saturated carbocycles. The smallest absolute Gasteiger partial charge is 0.257 e. The summed E-state index contributed by atoms with van der Waals surface area (Å²) in [6.07, 6.45) is 5.99. The summed E-state index contributed by atoms with van der Waals surface area (Å²) in [6, 6.07) is 13.3. The molecule has 0 radical (unpaired) electrons. The molecular weight excluding hydrogens is 518 g/mol. The minimum Gasteiger partial charge on any atom is -0.494 e. The lowest BCUT2D eigenvalue weighted by atomic mass is 10.1. The normalized spacial score (nSPS) is 10.9. The van der Waals surface area contributed by atoms with E-state index in [0.29, 0.717) is 35.1 Å². The van der Waals surface area contributed by atoms with Gasteiger partial charge in [-0.05, 0) is 44.4 Å². The summed E-state index contributed by atoms with van der Waals surface area (Å²) in [4.78, 5) is 40.4. The van der Waals surface area contributed by atoms with Crippen LogP contribution in [0.5, 0.6) is 5.75 Å². The molecule has 2 heterocycles. The number of para-hydroxylation sites is 1. The number of anilines is 4. The van der Waals surface area contributed by atoms with Gasteiger partial charge in [0.25, 0.3) is 5.91 Å². The number of ether oxygens (including phenoxy) is 1. The highest BCUT2D eigenvalue weighted by Crippen LogP contribution is 2.41. The van der Waals surface area contributed by atoms with Crippen molar-refractivity contribution in [3.05, 3.63) is 80.2 Å². The van der Waals surface area contributed by atoms with Crippen LogP contribution in [0.3, 0.4) is 0 Å². The maximum Gasteiger partial charge on any atom is 0.257 e. The van der Waals surface area contributed by atoms with Crippen LogP contribution >= 0.6 is 0 Å². The van der Waals surface area contributed by atoms with Gasteiger partial charge in [-0.1, -0.05) is 31.4 Å². The number of benzene rings is 2. The lowest BCUT2D eigenvalue weighted by Gasteiger charge is -2.28. The summed E-state index contributed by atoms with van der Waals surface area (Å²) >= 11 is 0. The summed E-state index contributed by atoms with van der Waals surface area (Å²) in [7, 11) is 9.40. The zero-order valence-electron chi connectivity index (χ0n) is 24.1. The second kappa shape index (κ2) is 12.5. The van der Waals surface area contributed by atoms with Crippen molar-refractivity contribution >= 4 is 45.7 Å². The number of methoxy groups -OCH3 is 1. The van der Waals surface area contributed by atoms with E-state index in [1.807, 2.05) is 68.1 Å². The first-order chi connectivity index (χ1) is 19.7. The molecule has 2 aromatic carbocycles. The number of nitrogens with zero attached hydrogens (tertiary/aromatic N) is 6. The van der Waals surface area contributed by atoms with Crippen LogP contribution in [-0.4, -0.2) is 72.6 Å². The third kappa shape index (κ3) is 6.12. The molecule has 0 fully saturated rings. The quantitative estimate of drug-likeness (QED) is 0.271. The van der Waals surface area contributed by atoms with Crippen molar-refractivity contribution in [2.24, 2.45) is 7.05 Å². The molecule has 2 amide bonds. The van der Waals surface area contributed by atoms with E-state index in [0.717, 1.165) is 23.0 Å². The van der Waals surface area contributed by atoms with Gasteiger partial charge in [0.2, 0.25) is 11.9 Å². The van der Waals surface area contributed by atoms with Gasteiger partial charge in [0, 0.05) is 62.1 Å². The van der Waals surface area contributed by atoms with Crippen molar-refractivity contribution < 1.29 is 14.3 Å². The number of hydrogen-bond acceptors (Lipinski definition) is 7. The number of likely N-dealkylation sites (N-methyl/N-ethyl adjacent to an activating group) is 2. The topological polar surface area (TPSA) is 95.8 Å². The number of hydrogen-bond donors (Lipinski definition) is 1. The molecule has 0 unspecified atom stereocenters. The minimum atomic E-state index is -0.465. The number of aryl methyl sites for hydroxylation is 1. The lowest BCUT2D eigenvalue weighted by Crippen LogP contribution is -2.30. The predicted molar refractivity (Wildman–Crippen MR) is 165 cm³/mol. The minimum absolute atomic E-state index is 0.133. The maximum atomic E-state index is 13.4. The fourth-order valence-electron chi connectivity index (χ4n) is 4.53. The summed E-state index contributed by atoms with van der Waals surface area (Å²) in [5.41, 5.74) is 4.13. The first-order valence-electron chi connectivity index (χ1n) is 13.0.